The summed E-state index contributed by atoms with van der Waals surface area (Å²) in [6.07, 6.45) is 8.22. The maximum absolute atomic E-state index is 12.6. The van der Waals surface area contributed by atoms with Gasteiger partial charge < -0.3 is 14.5 Å². The summed E-state index contributed by atoms with van der Waals surface area (Å²) in [7, 11) is 3.79. The van der Waals surface area contributed by atoms with Crippen molar-refractivity contribution in [3.05, 3.63) is 53.3 Å². The first-order valence-electron chi connectivity index (χ1n) is 8.91. The molecule has 142 valence electrons. The summed E-state index contributed by atoms with van der Waals surface area (Å²) in [6, 6.07) is 7.44. The first-order valence-corrected chi connectivity index (χ1v) is 9.29. The van der Waals surface area contributed by atoms with E-state index in [1.165, 1.54) is 0 Å². The highest BCUT2D eigenvalue weighted by Crippen LogP contribution is 2.24. The summed E-state index contributed by atoms with van der Waals surface area (Å²) in [5.41, 5.74) is 0.826. The summed E-state index contributed by atoms with van der Waals surface area (Å²) in [5, 5.41) is 0.625. The molecular formula is C20H23ClN4O2. The number of hydrogen-bond acceptors (Lipinski definition) is 5. The number of nitrogens with zero attached hydrogens (tertiary/aromatic N) is 4. The first kappa shape index (κ1) is 19.2. The summed E-state index contributed by atoms with van der Waals surface area (Å²) in [5.74, 6) is 1.13. The van der Waals surface area contributed by atoms with E-state index in [1.54, 1.807) is 35.5 Å². The van der Waals surface area contributed by atoms with E-state index in [1.807, 2.05) is 37.2 Å². The third-order valence-electron chi connectivity index (χ3n) is 4.35. The van der Waals surface area contributed by atoms with E-state index in [4.69, 9.17) is 16.3 Å². The number of rotatable bonds is 5. The topological polar surface area (TPSA) is 58.6 Å². The van der Waals surface area contributed by atoms with E-state index < -0.39 is 0 Å². The monoisotopic (exact) mass is 386 g/mol. The molecule has 0 N–H and O–H groups in total. The molecule has 7 heteroatoms. The fourth-order valence-electron chi connectivity index (χ4n) is 2.98. The van der Waals surface area contributed by atoms with Crippen LogP contribution in [0.2, 0.25) is 5.02 Å². The van der Waals surface area contributed by atoms with Gasteiger partial charge in [-0.1, -0.05) is 29.8 Å². The minimum atomic E-state index is -0.105. The molecule has 6 nitrogen and oxygen atoms in total. The van der Waals surface area contributed by atoms with Gasteiger partial charge in [0, 0.05) is 44.1 Å². The molecule has 3 rings (SSSR count). The standard InChI is InChI=1S/C20H23ClN4O2/c1-24(2)19-20(23-12-11-22-19)27-16-7-5-13-25(14-16)18(26)10-9-15-6-3-4-8-17(15)21/h3-4,6,8-12,16H,5,7,13-14H2,1-2H3/b10-9+. The van der Waals surface area contributed by atoms with E-state index in [0.717, 1.165) is 18.4 Å². The van der Waals surface area contributed by atoms with Crippen LogP contribution in [0, 0.1) is 0 Å². The predicted molar refractivity (Wildman–Crippen MR) is 107 cm³/mol. The van der Waals surface area contributed by atoms with Crippen molar-refractivity contribution in [2.45, 2.75) is 18.9 Å². The molecule has 27 heavy (non-hydrogen) atoms. The van der Waals surface area contributed by atoms with Gasteiger partial charge in [0.2, 0.25) is 5.91 Å². The zero-order valence-corrected chi connectivity index (χ0v) is 16.3. The van der Waals surface area contributed by atoms with Crippen LogP contribution in [0.15, 0.2) is 42.7 Å². The van der Waals surface area contributed by atoms with Crippen molar-refractivity contribution in [2.75, 3.05) is 32.1 Å². The van der Waals surface area contributed by atoms with Gasteiger partial charge in [0.25, 0.3) is 5.88 Å². The van der Waals surface area contributed by atoms with Gasteiger partial charge >= 0.3 is 0 Å². The molecule has 1 aliphatic heterocycles. The normalized spacial score (nSPS) is 17.1. The van der Waals surface area contributed by atoms with Crippen molar-refractivity contribution in [1.82, 2.24) is 14.9 Å². The summed E-state index contributed by atoms with van der Waals surface area (Å²) in [4.78, 5) is 24.8. The van der Waals surface area contributed by atoms with Gasteiger partial charge in [-0.25, -0.2) is 9.97 Å². The lowest BCUT2D eigenvalue weighted by Gasteiger charge is -2.32. The number of aromatic nitrogens is 2. The van der Waals surface area contributed by atoms with Crippen LogP contribution in [0.25, 0.3) is 6.08 Å². The molecular weight excluding hydrogens is 364 g/mol. The van der Waals surface area contributed by atoms with Gasteiger partial charge in [-0.2, -0.15) is 0 Å². The van der Waals surface area contributed by atoms with Crippen LogP contribution in [-0.4, -0.2) is 54.1 Å². The SMILES string of the molecule is CN(C)c1nccnc1OC1CCCN(C(=O)/C=C/c2ccccc2Cl)C1. The number of halogens is 1. The molecule has 2 aromatic rings. The van der Waals surface area contributed by atoms with Gasteiger partial charge in [-0.15, -0.1) is 0 Å². The third-order valence-corrected chi connectivity index (χ3v) is 4.69. The van der Waals surface area contributed by atoms with Crippen LogP contribution in [0.3, 0.4) is 0 Å². The highest BCUT2D eigenvalue weighted by atomic mass is 35.5. The van der Waals surface area contributed by atoms with Crippen molar-refractivity contribution < 1.29 is 9.53 Å². The zero-order valence-electron chi connectivity index (χ0n) is 15.5. The Labute approximate surface area is 164 Å². The smallest absolute Gasteiger partial charge is 0.257 e. The van der Waals surface area contributed by atoms with Crippen molar-refractivity contribution in [3.63, 3.8) is 0 Å². The molecule has 2 heterocycles. The van der Waals surface area contributed by atoms with Crippen LogP contribution in [0.4, 0.5) is 5.82 Å². The maximum atomic E-state index is 12.6. The van der Waals surface area contributed by atoms with E-state index in [9.17, 15) is 4.79 Å². The van der Waals surface area contributed by atoms with Crippen LogP contribution < -0.4 is 9.64 Å². The number of anilines is 1. The fourth-order valence-corrected chi connectivity index (χ4v) is 3.18. The molecule has 1 aliphatic rings. The molecule has 1 aromatic carbocycles. The molecule has 0 radical (unpaired) electrons. The number of piperidine rings is 1. The average molecular weight is 387 g/mol. The molecule has 0 spiro atoms. The lowest BCUT2D eigenvalue weighted by Crippen LogP contribution is -2.44. The molecule has 0 bridgehead atoms. The van der Waals surface area contributed by atoms with E-state index in [0.29, 0.717) is 29.8 Å². The van der Waals surface area contributed by atoms with E-state index in [2.05, 4.69) is 9.97 Å². The Hall–Kier alpha value is -2.60. The Bertz CT molecular complexity index is 825. The Kier molecular flexibility index (Phi) is 6.29. The number of ether oxygens (including phenoxy) is 1. The first-order chi connectivity index (χ1) is 13.0. The number of hydrogen-bond donors (Lipinski definition) is 0. The summed E-state index contributed by atoms with van der Waals surface area (Å²) in [6.45, 7) is 1.24. The van der Waals surface area contributed by atoms with Gasteiger partial charge in [0.05, 0.1) is 6.54 Å². The Morgan fingerprint density at radius 3 is 2.85 bits per heavy atom. The number of amides is 1. The largest absolute Gasteiger partial charge is 0.470 e. The summed E-state index contributed by atoms with van der Waals surface area (Å²) >= 11 is 6.13. The van der Waals surface area contributed by atoms with Crippen molar-refractivity contribution in [1.29, 1.82) is 0 Å². The van der Waals surface area contributed by atoms with Crippen molar-refractivity contribution in [3.8, 4) is 5.88 Å². The van der Waals surface area contributed by atoms with Gasteiger partial charge in [-0.3, -0.25) is 4.79 Å². The highest BCUT2D eigenvalue weighted by molar-refractivity contribution is 6.32. The Morgan fingerprint density at radius 1 is 1.30 bits per heavy atom. The minimum absolute atomic E-state index is 0.0461. The predicted octanol–water partition coefficient (Wildman–Crippen LogP) is 3.28. The van der Waals surface area contributed by atoms with Crippen LogP contribution >= 0.6 is 11.6 Å². The average Bonchev–Trinajstić information content (AvgIpc) is 2.67. The van der Waals surface area contributed by atoms with E-state index >= 15 is 0 Å². The molecule has 1 amide bonds. The molecule has 1 unspecified atom stereocenters. The van der Waals surface area contributed by atoms with E-state index in [-0.39, 0.29) is 12.0 Å². The van der Waals surface area contributed by atoms with Gasteiger partial charge in [0.15, 0.2) is 5.82 Å². The quantitative estimate of drug-likeness (QED) is 0.738. The second-order valence-corrected chi connectivity index (χ2v) is 7.01. The Morgan fingerprint density at radius 2 is 2.07 bits per heavy atom. The zero-order chi connectivity index (χ0) is 19.2. The molecule has 1 atom stereocenters. The lowest BCUT2D eigenvalue weighted by atomic mass is 10.1. The van der Waals surface area contributed by atoms with Crippen molar-refractivity contribution >= 4 is 29.4 Å². The number of likely N-dealkylation sites (tertiary alicyclic amines) is 1. The maximum Gasteiger partial charge on any atom is 0.257 e. The van der Waals surface area contributed by atoms with Crippen LogP contribution in [-0.2, 0) is 4.79 Å². The highest BCUT2D eigenvalue weighted by Gasteiger charge is 2.25. The molecule has 1 aromatic heterocycles. The molecule has 1 fully saturated rings. The number of carbonyl (C=O) groups is 1. The Balaban J connectivity index is 1.64. The lowest BCUT2D eigenvalue weighted by molar-refractivity contribution is -0.128. The van der Waals surface area contributed by atoms with Crippen LogP contribution in [0.5, 0.6) is 5.88 Å². The van der Waals surface area contributed by atoms with Gasteiger partial charge in [-0.05, 0) is 30.5 Å². The van der Waals surface area contributed by atoms with Crippen LogP contribution in [0.1, 0.15) is 18.4 Å². The fraction of sp³-hybridized carbons (Fsp3) is 0.350. The second kappa shape index (κ2) is 8.86. The molecule has 0 saturated carbocycles. The molecule has 1 saturated heterocycles. The third kappa shape index (κ3) is 4.98. The van der Waals surface area contributed by atoms with Crippen molar-refractivity contribution in [2.24, 2.45) is 0 Å². The number of carbonyl (C=O) groups excluding carboxylic acids is 1. The minimum Gasteiger partial charge on any atom is -0.470 e. The second-order valence-electron chi connectivity index (χ2n) is 6.60. The number of benzene rings is 1. The molecule has 0 aliphatic carbocycles. The van der Waals surface area contributed by atoms with Gasteiger partial charge in [0.1, 0.15) is 6.10 Å². The summed E-state index contributed by atoms with van der Waals surface area (Å²) < 4.78 is 6.06.